The van der Waals surface area contributed by atoms with Crippen LogP contribution >= 0.6 is 0 Å². The topological polar surface area (TPSA) is 158 Å². The molecule has 1 aromatic heterocycles. The molecule has 0 saturated carbocycles. The summed E-state index contributed by atoms with van der Waals surface area (Å²) in [6.07, 6.45) is 1.86. The molecule has 9 nitrogen and oxygen atoms in total. The van der Waals surface area contributed by atoms with Crippen LogP contribution in [0, 0.1) is 0 Å². The van der Waals surface area contributed by atoms with Gasteiger partial charge in [0.2, 0.25) is 11.8 Å². The normalized spacial score (nSPS) is 13.2. The fourth-order valence-corrected chi connectivity index (χ4v) is 2.38. The monoisotopic (exact) mass is 348 g/mol. The molecule has 1 heterocycles. The quantitative estimate of drug-likeness (QED) is 0.348. The second-order valence-electron chi connectivity index (χ2n) is 5.53. The first kappa shape index (κ1) is 18.4. The van der Waals surface area contributed by atoms with Gasteiger partial charge in [-0.25, -0.2) is 0 Å². The van der Waals surface area contributed by atoms with Crippen LogP contribution in [0.3, 0.4) is 0 Å². The molecular formula is C16H20N4O5. The van der Waals surface area contributed by atoms with Gasteiger partial charge in [-0.3, -0.25) is 14.4 Å². The van der Waals surface area contributed by atoms with Gasteiger partial charge in [-0.15, -0.1) is 0 Å². The molecular weight excluding hydrogens is 328 g/mol. The van der Waals surface area contributed by atoms with E-state index in [-0.39, 0.29) is 6.42 Å². The van der Waals surface area contributed by atoms with Crippen molar-refractivity contribution in [3.63, 3.8) is 0 Å². The van der Waals surface area contributed by atoms with Crippen molar-refractivity contribution in [2.24, 2.45) is 5.73 Å². The van der Waals surface area contributed by atoms with Crippen LogP contribution in [-0.2, 0) is 20.8 Å². The molecule has 25 heavy (non-hydrogen) atoms. The van der Waals surface area contributed by atoms with Crippen molar-refractivity contribution >= 4 is 28.7 Å². The van der Waals surface area contributed by atoms with Crippen LogP contribution in [0.15, 0.2) is 30.5 Å². The fraction of sp³-hybridized carbons (Fsp3) is 0.312. The fourth-order valence-electron chi connectivity index (χ4n) is 2.38. The van der Waals surface area contributed by atoms with Crippen LogP contribution < -0.4 is 16.4 Å². The van der Waals surface area contributed by atoms with E-state index < -0.39 is 43.0 Å². The Morgan fingerprint density at radius 3 is 2.60 bits per heavy atom. The van der Waals surface area contributed by atoms with Crippen LogP contribution in [0.1, 0.15) is 5.56 Å². The molecule has 0 aliphatic rings. The van der Waals surface area contributed by atoms with E-state index >= 15 is 0 Å². The number of aliphatic hydroxyl groups is 1. The number of carboxylic acid groups (broad SMARTS) is 1. The van der Waals surface area contributed by atoms with E-state index in [0.29, 0.717) is 0 Å². The van der Waals surface area contributed by atoms with Gasteiger partial charge in [0, 0.05) is 23.5 Å². The number of rotatable bonds is 8. The number of carboxylic acids is 1. The highest BCUT2D eigenvalue weighted by molar-refractivity contribution is 5.92. The van der Waals surface area contributed by atoms with Gasteiger partial charge < -0.3 is 31.6 Å². The Labute approximate surface area is 143 Å². The Hall–Kier alpha value is -2.91. The van der Waals surface area contributed by atoms with Crippen LogP contribution in [0.25, 0.3) is 10.9 Å². The average molecular weight is 348 g/mol. The minimum absolute atomic E-state index is 0.138. The third kappa shape index (κ3) is 4.78. The predicted octanol–water partition coefficient (Wildman–Crippen LogP) is -1.28. The maximum atomic E-state index is 12.3. The molecule has 2 atom stereocenters. The highest BCUT2D eigenvalue weighted by Gasteiger charge is 2.25. The number of nitrogens with two attached hydrogens (primary N) is 1. The molecule has 0 bridgehead atoms. The second-order valence-corrected chi connectivity index (χ2v) is 5.53. The number of aliphatic carboxylic acids is 1. The number of para-hydroxylation sites is 1. The molecule has 2 rings (SSSR count). The summed E-state index contributed by atoms with van der Waals surface area (Å²) >= 11 is 0. The first-order valence-electron chi connectivity index (χ1n) is 7.63. The lowest BCUT2D eigenvalue weighted by Crippen LogP contribution is -2.53. The number of amides is 2. The molecule has 2 aromatic rings. The van der Waals surface area contributed by atoms with E-state index in [0.717, 1.165) is 16.5 Å². The maximum Gasteiger partial charge on any atom is 0.322 e. The zero-order valence-corrected chi connectivity index (χ0v) is 13.4. The molecule has 0 unspecified atom stereocenters. The zero-order valence-electron chi connectivity index (χ0n) is 13.4. The summed E-state index contributed by atoms with van der Waals surface area (Å²) in [6.45, 7) is -1.13. The van der Waals surface area contributed by atoms with Gasteiger partial charge in [0.15, 0.2) is 0 Å². The predicted molar refractivity (Wildman–Crippen MR) is 89.6 cm³/mol. The third-order valence-electron chi connectivity index (χ3n) is 3.68. The van der Waals surface area contributed by atoms with Gasteiger partial charge in [-0.1, -0.05) is 18.2 Å². The lowest BCUT2D eigenvalue weighted by atomic mass is 10.0. The average Bonchev–Trinajstić information content (AvgIpc) is 3.01. The number of aromatic nitrogens is 1. The molecule has 0 aliphatic heterocycles. The summed E-state index contributed by atoms with van der Waals surface area (Å²) < 4.78 is 0. The van der Waals surface area contributed by atoms with Gasteiger partial charge >= 0.3 is 5.97 Å². The van der Waals surface area contributed by atoms with Gasteiger partial charge in [-0.05, 0) is 11.6 Å². The van der Waals surface area contributed by atoms with E-state index in [2.05, 4.69) is 15.6 Å². The summed E-state index contributed by atoms with van der Waals surface area (Å²) in [6, 6.07) is 5.26. The molecule has 1 aromatic carbocycles. The highest BCUT2D eigenvalue weighted by Crippen LogP contribution is 2.19. The number of H-pyrrole nitrogens is 1. The lowest BCUT2D eigenvalue weighted by molar-refractivity contribution is -0.138. The first-order chi connectivity index (χ1) is 11.9. The van der Waals surface area contributed by atoms with Gasteiger partial charge in [0.1, 0.15) is 18.6 Å². The van der Waals surface area contributed by atoms with Gasteiger partial charge in [0.25, 0.3) is 0 Å². The minimum atomic E-state index is -1.20. The number of fused-ring (bicyclic) bond motifs is 1. The zero-order chi connectivity index (χ0) is 18.4. The Bertz CT molecular complexity index is 773. The molecule has 0 saturated heterocycles. The number of aliphatic hydroxyl groups excluding tert-OH is 1. The van der Waals surface area contributed by atoms with E-state index in [1.807, 2.05) is 24.3 Å². The molecule has 7 N–H and O–H groups in total. The van der Waals surface area contributed by atoms with Crippen LogP contribution in [0.5, 0.6) is 0 Å². The summed E-state index contributed by atoms with van der Waals surface area (Å²) in [5, 5.41) is 23.2. The van der Waals surface area contributed by atoms with Crippen molar-refractivity contribution in [2.75, 3.05) is 13.2 Å². The number of nitrogens with one attached hydrogen (secondary N) is 3. The van der Waals surface area contributed by atoms with E-state index in [1.165, 1.54) is 0 Å². The SMILES string of the molecule is N[C@@H](CO)C(=O)N[C@@H](Cc1c[nH]c2ccccc12)C(=O)NCC(=O)O. The largest absolute Gasteiger partial charge is 0.480 e. The van der Waals surface area contributed by atoms with E-state index in [9.17, 15) is 14.4 Å². The van der Waals surface area contributed by atoms with Crippen molar-refractivity contribution in [3.05, 3.63) is 36.0 Å². The number of carbonyl (C=O) groups excluding carboxylic acids is 2. The Kier molecular flexibility index (Phi) is 6.09. The van der Waals surface area contributed by atoms with E-state index in [1.54, 1.807) is 6.20 Å². The number of benzene rings is 1. The second kappa shape index (κ2) is 8.27. The third-order valence-corrected chi connectivity index (χ3v) is 3.68. The Morgan fingerprint density at radius 2 is 1.92 bits per heavy atom. The molecule has 9 heteroatoms. The Morgan fingerprint density at radius 1 is 1.20 bits per heavy atom. The minimum Gasteiger partial charge on any atom is -0.480 e. The lowest BCUT2D eigenvalue weighted by Gasteiger charge is -2.19. The molecule has 2 amide bonds. The Balaban J connectivity index is 2.19. The molecule has 0 radical (unpaired) electrons. The van der Waals surface area contributed by atoms with Crippen molar-refractivity contribution in [1.82, 2.24) is 15.6 Å². The molecule has 0 spiro atoms. The van der Waals surface area contributed by atoms with Crippen LogP contribution in [-0.4, -0.2) is 58.2 Å². The summed E-state index contributed by atoms with van der Waals surface area (Å²) in [5.41, 5.74) is 7.11. The van der Waals surface area contributed by atoms with E-state index in [4.69, 9.17) is 15.9 Å². The van der Waals surface area contributed by atoms with Gasteiger partial charge in [0.05, 0.1) is 6.61 Å². The van der Waals surface area contributed by atoms with Crippen molar-refractivity contribution in [1.29, 1.82) is 0 Å². The summed E-state index contributed by atoms with van der Waals surface area (Å²) in [7, 11) is 0. The van der Waals surface area contributed by atoms with Crippen LogP contribution in [0.2, 0.25) is 0 Å². The number of aromatic amines is 1. The first-order valence-corrected chi connectivity index (χ1v) is 7.63. The van der Waals surface area contributed by atoms with Crippen molar-refractivity contribution < 1.29 is 24.6 Å². The smallest absolute Gasteiger partial charge is 0.322 e. The highest BCUT2D eigenvalue weighted by atomic mass is 16.4. The number of carbonyl (C=O) groups is 3. The van der Waals surface area contributed by atoms with Crippen LogP contribution in [0.4, 0.5) is 0 Å². The molecule has 134 valence electrons. The maximum absolute atomic E-state index is 12.3. The molecule has 0 fully saturated rings. The van der Waals surface area contributed by atoms with Crippen molar-refractivity contribution in [3.8, 4) is 0 Å². The summed E-state index contributed by atoms with van der Waals surface area (Å²) in [5.74, 6) is -2.54. The van der Waals surface area contributed by atoms with Crippen molar-refractivity contribution in [2.45, 2.75) is 18.5 Å². The number of hydrogen-bond donors (Lipinski definition) is 6. The standard InChI is InChI=1S/C16H20N4O5/c17-11(8-21)15(24)20-13(16(25)19-7-14(22)23)5-9-6-18-12-4-2-1-3-10(9)12/h1-4,6,11,13,18,21H,5,7-8,17H2,(H,19,25)(H,20,24)(H,22,23)/t11-,13-/m0/s1. The van der Waals surface area contributed by atoms with Gasteiger partial charge in [-0.2, -0.15) is 0 Å². The number of hydrogen-bond acceptors (Lipinski definition) is 5. The molecule has 0 aliphatic carbocycles. The summed E-state index contributed by atoms with van der Waals surface area (Å²) in [4.78, 5) is 37.9.